The maximum absolute atomic E-state index is 5.76. The Morgan fingerprint density at radius 1 is 1.00 bits per heavy atom. The van der Waals surface area contributed by atoms with E-state index in [1.807, 2.05) is 54.6 Å². The summed E-state index contributed by atoms with van der Waals surface area (Å²) in [6.07, 6.45) is 5.62. The van der Waals surface area contributed by atoms with Crippen LogP contribution in [0.25, 0.3) is 10.9 Å². The van der Waals surface area contributed by atoms with E-state index < -0.39 is 0 Å². The number of rotatable bonds is 4. The van der Waals surface area contributed by atoms with Gasteiger partial charge < -0.3 is 15.4 Å². The highest BCUT2D eigenvalue weighted by atomic mass is 16.5. The fourth-order valence-electron chi connectivity index (χ4n) is 3.67. The van der Waals surface area contributed by atoms with Crippen molar-refractivity contribution in [2.75, 3.05) is 18.4 Å². The SMILES string of the molecule is C(#CC1CCCNC1)c1ccc2ncnc(Nc3ccc(Oc4ccccn4)cc3)c2c1. The Kier molecular flexibility index (Phi) is 5.91. The molecule has 1 aliphatic rings. The maximum atomic E-state index is 5.76. The molecule has 4 aromatic rings. The molecule has 6 heteroatoms. The van der Waals surface area contributed by atoms with E-state index >= 15 is 0 Å². The van der Waals surface area contributed by atoms with E-state index in [1.165, 1.54) is 6.42 Å². The van der Waals surface area contributed by atoms with Gasteiger partial charge in [0.15, 0.2) is 0 Å². The zero-order chi connectivity index (χ0) is 21.6. The average molecular weight is 422 g/mol. The molecule has 1 saturated heterocycles. The topological polar surface area (TPSA) is 72.0 Å². The fourth-order valence-corrected chi connectivity index (χ4v) is 3.67. The minimum atomic E-state index is 0.413. The van der Waals surface area contributed by atoms with Crippen molar-refractivity contribution in [1.82, 2.24) is 20.3 Å². The van der Waals surface area contributed by atoms with Crippen LogP contribution in [0, 0.1) is 17.8 Å². The lowest BCUT2D eigenvalue weighted by Crippen LogP contribution is -2.28. The van der Waals surface area contributed by atoms with Gasteiger partial charge in [-0.15, -0.1) is 0 Å². The number of aromatic nitrogens is 3. The predicted molar refractivity (Wildman–Crippen MR) is 126 cm³/mol. The van der Waals surface area contributed by atoms with Gasteiger partial charge in [-0.2, -0.15) is 0 Å². The first-order valence-electron chi connectivity index (χ1n) is 10.8. The molecule has 2 aromatic heterocycles. The van der Waals surface area contributed by atoms with Crippen LogP contribution < -0.4 is 15.4 Å². The van der Waals surface area contributed by atoms with Gasteiger partial charge in [-0.1, -0.05) is 17.9 Å². The third kappa shape index (κ3) is 4.85. The largest absolute Gasteiger partial charge is 0.439 e. The Morgan fingerprint density at radius 3 is 2.75 bits per heavy atom. The van der Waals surface area contributed by atoms with Crippen LogP contribution in [0.4, 0.5) is 11.5 Å². The number of hydrogen-bond donors (Lipinski definition) is 2. The van der Waals surface area contributed by atoms with Gasteiger partial charge in [0.1, 0.15) is 17.9 Å². The number of nitrogens with zero attached hydrogens (tertiary/aromatic N) is 3. The van der Waals surface area contributed by atoms with Crippen LogP contribution in [0.5, 0.6) is 11.6 Å². The van der Waals surface area contributed by atoms with Crippen molar-refractivity contribution in [2.45, 2.75) is 12.8 Å². The van der Waals surface area contributed by atoms with Gasteiger partial charge in [-0.25, -0.2) is 15.0 Å². The van der Waals surface area contributed by atoms with E-state index in [9.17, 15) is 0 Å². The smallest absolute Gasteiger partial charge is 0.219 e. The second kappa shape index (κ2) is 9.46. The predicted octanol–water partition coefficient (Wildman–Crippen LogP) is 4.91. The molecule has 0 aliphatic carbocycles. The highest BCUT2D eigenvalue weighted by molar-refractivity contribution is 5.91. The zero-order valence-corrected chi connectivity index (χ0v) is 17.6. The van der Waals surface area contributed by atoms with Crippen molar-refractivity contribution >= 4 is 22.4 Å². The van der Waals surface area contributed by atoms with Crippen molar-refractivity contribution in [3.63, 3.8) is 0 Å². The lowest BCUT2D eigenvalue weighted by atomic mass is 10.00. The number of fused-ring (bicyclic) bond motifs is 1. The highest BCUT2D eigenvalue weighted by Crippen LogP contribution is 2.26. The summed E-state index contributed by atoms with van der Waals surface area (Å²) in [6.45, 7) is 2.06. The summed E-state index contributed by atoms with van der Waals surface area (Å²) in [4.78, 5) is 13.0. The molecule has 6 nitrogen and oxygen atoms in total. The molecule has 158 valence electrons. The number of nitrogens with one attached hydrogen (secondary N) is 2. The van der Waals surface area contributed by atoms with Gasteiger partial charge in [-0.3, -0.25) is 0 Å². The maximum Gasteiger partial charge on any atom is 0.219 e. The molecule has 32 heavy (non-hydrogen) atoms. The van der Waals surface area contributed by atoms with Crippen LogP contribution in [0.3, 0.4) is 0 Å². The quantitative estimate of drug-likeness (QED) is 0.456. The lowest BCUT2D eigenvalue weighted by molar-refractivity contribution is 0.449. The molecular weight excluding hydrogens is 398 g/mol. The van der Waals surface area contributed by atoms with Crippen molar-refractivity contribution < 1.29 is 4.74 Å². The summed E-state index contributed by atoms with van der Waals surface area (Å²) in [5, 5.41) is 7.74. The van der Waals surface area contributed by atoms with E-state index in [0.717, 1.165) is 53.2 Å². The first-order chi connectivity index (χ1) is 15.8. The molecule has 0 spiro atoms. The molecule has 0 saturated carbocycles. The molecule has 5 rings (SSSR count). The van der Waals surface area contributed by atoms with Crippen molar-refractivity contribution in [2.24, 2.45) is 5.92 Å². The summed E-state index contributed by atoms with van der Waals surface area (Å²) in [5.74, 6) is 9.18. The molecule has 2 N–H and O–H groups in total. The molecule has 1 atom stereocenters. The summed E-state index contributed by atoms with van der Waals surface area (Å²) >= 11 is 0. The monoisotopic (exact) mass is 421 g/mol. The summed E-state index contributed by atoms with van der Waals surface area (Å²) < 4.78 is 5.76. The van der Waals surface area contributed by atoms with Crippen LogP contribution in [-0.2, 0) is 0 Å². The van der Waals surface area contributed by atoms with E-state index in [1.54, 1.807) is 12.5 Å². The van der Waals surface area contributed by atoms with E-state index in [2.05, 4.69) is 43.5 Å². The number of hydrogen-bond acceptors (Lipinski definition) is 6. The summed E-state index contributed by atoms with van der Waals surface area (Å²) in [7, 11) is 0. The standard InChI is InChI=1S/C26H23N5O/c1-2-15-28-25(5-1)32-22-11-9-21(10-12-22)31-26-23-16-19(8-13-24(23)29-18-30-26)6-7-20-4-3-14-27-17-20/h1-2,5,8-13,15-16,18,20,27H,3-4,14,17H2,(H,29,30,31). The Morgan fingerprint density at radius 2 is 1.94 bits per heavy atom. The molecule has 2 aromatic carbocycles. The molecule has 3 heterocycles. The summed E-state index contributed by atoms with van der Waals surface area (Å²) in [5.41, 5.74) is 2.76. The van der Waals surface area contributed by atoms with Crippen LogP contribution in [0.1, 0.15) is 18.4 Å². The van der Waals surface area contributed by atoms with Crippen LogP contribution in [0.15, 0.2) is 73.2 Å². The van der Waals surface area contributed by atoms with E-state index in [4.69, 9.17) is 4.74 Å². The van der Waals surface area contributed by atoms with Gasteiger partial charge in [-0.05, 0) is 67.9 Å². The first-order valence-corrected chi connectivity index (χ1v) is 10.8. The Labute approximate surface area is 187 Å². The third-order valence-electron chi connectivity index (χ3n) is 5.33. The normalized spacial score (nSPS) is 15.6. The minimum absolute atomic E-state index is 0.413. The van der Waals surface area contributed by atoms with Gasteiger partial charge in [0.05, 0.1) is 5.52 Å². The number of ether oxygens (including phenoxy) is 1. The third-order valence-corrected chi connectivity index (χ3v) is 5.33. The van der Waals surface area contributed by atoms with Gasteiger partial charge >= 0.3 is 0 Å². The van der Waals surface area contributed by atoms with Gasteiger partial charge in [0, 0.05) is 41.4 Å². The second-order valence-electron chi connectivity index (χ2n) is 7.69. The zero-order valence-electron chi connectivity index (χ0n) is 17.6. The van der Waals surface area contributed by atoms with Crippen molar-refractivity contribution in [1.29, 1.82) is 0 Å². The average Bonchev–Trinajstić information content (AvgIpc) is 2.85. The Bertz CT molecular complexity index is 1260. The van der Waals surface area contributed by atoms with Gasteiger partial charge in [0.25, 0.3) is 0 Å². The van der Waals surface area contributed by atoms with E-state index in [0.29, 0.717) is 11.8 Å². The molecule has 0 radical (unpaired) electrons. The molecule has 1 aliphatic heterocycles. The van der Waals surface area contributed by atoms with Crippen LogP contribution >= 0.6 is 0 Å². The summed E-state index contributed by atoms with van der Waals surface area (Å²) in [6, 6.07) is 19.3. The number of piperidine rings is 1. The second-order valence-corrected chi connectivity index (χ2v) is 7.69. The Balaban J connectivity index is 1.35. The van der Waals surface area contributed by atoms with Crippen molar-refractivity contribution in [3.05, 3.63) is 78.8 Å². The van der Waals surface area contributed by atoms with Crippen molar-refractivity contribution in [3.8, 4) is 23.5 Å². The number of pyridine rings is 1. The molecule has 1 fully saturated rings. The first kappa shape index (κ1) is 20.0. The van der Waals surface area contributed by atoms with Crippen LogP contribution in [-0.4, -0.2) is 28.0 Å². The van der Waals surface area contributed by atoms with Crippen LogP contribution in [0.2, 0.25) is 0 Å². The molecule has 0 amide bonds. The van der Waals surface area contributed by atoms with E-state index in [-0.39, 0.29) is 0 Å². The van der Waals surface area contributed by atoms with Gasteiger partial charge in [0.2, 0.25) is 5.88 Å². The number of benzene rings is 2. The molecule has 0 bridgehead atoms. The lowest BCUT2D eigenvalue weighted by Gasteiger charge is -2.17. The number of anilines is 2. The molecule has 1 unspecified atom stereocenters. The highest BCUT2D eigenvalue weighted by Gasteiger charge is 2.10. The molecular formula is C26H23N5O. The minimum Gasteiger partial charge on any atom is -0.439 e. The Hall–Kier alpha value is -3.95. The fraction of sp³-hybridized carbons (Fsp3) is 0.192.